The number of allylic oxidation sites excluding steroid dienone is 1. The second kappa shape index (κ2) is 3.15. The van der Waals surface area contributed by atoms with E-state index < -0.39 is 13.0 Å². The first kappa shape index (κ1) is 10.3. The average molecular weight is 211 g/mol. The molecule has 1 aliphatic heterocycles. The van der Waals surface area contributed by atoms with E-state index in [1.54, 1.807) is 6.08 Å². The summed E-state index contributed by atoms with van der Waals surface area (Å²) in [6, 6.07) is 0. The van der Waals surface area contributed by atoms with Gasteiger partial charge in [-0.2, -0.15) is 0 Å². The Hall–Kier alpha value is 0.180. The summed E-state index contributed by atoms with van der Waals surface area (Å²) in [6.45, 7) is 1.54. The van der Waals surface area contributed by atoms with Crippen LogP contribution >= 0.6 is 19.0 Å². The van der Waals surface area contributed by atoms with Crippen molar-refractivity contribution < 1.29 is 14.2 Å². The zero-order valence-corrected chi connectivity index (χ0v) is 8.73. The Kier molecular flexibility index (Phi) is 2.69. The molecule has 0 radical (unpaired) electrons. The molecule has 3 nitrogen and oxygen atoms in total. The summed E-state index contributed by atoms with van der Waals surface area (Å²) in [6.07, 6.45) is 1.99. The molecular weight excluding hydrogens is 199 g/mol. The monoisotopic (exact) mass is 210 g/mol. The van der Waals surface area contributed by atoms with E-state index in [0.29, 0.717) is 11.2 Å². The third-order valence-electron chi connectivity index (χ3n) is 1.94. The van der Waals surface area contributed by atoms with Gasteiger partial charge in [0.1, 0.15) is 5.60 Å². The lowest BCUT2D eigenvalue weighted by Crippen LogP contribution is -2.33. The maximum atomic E-state index is 11.7. The summed E-state index contributed by atoms with van der Waals surface area (Å²) in [4.78, 5) is 0. The van der Waals surface area contributed by atoms with E-state index in [-0.39, 0.29) is 6.16 Å². The smallest absolute Gasteiger partial charge is 0.209 e. The first-order valence-corrected chi connectivity index (χ1v) is 5.99. The van der Waals surface area contributed by atoms with E-state index >= 15 is 0 Å². The van der Waals surface area contributed by atoms with Crippen LogP contribution in [0.15, 0.2) is 11.1 Å². The molecule has 0 bridgehead atoms. The van der Waals surface area contributed by atoms with E-state index in [0.717, 1.165) is 0 Å². The van der Waals surface area contributed by atoms with Crippen molar-refractivity contribution >= 4 is 19.0 Å². The Morgan fingerprint density at radius 2 is 2.42 bits per heavy atom. The fraction of sp³-hybridized carbons (Fsp3) is 0.714. The molecule has 0 amide bonds. The minimum absolute atomic E-state index is 0.103. The van der Waals surface area contributed by atoms with Gasteiger partial charge in [0.25, 0.3) is 0 Å². The lowest BCUT2D eigenvalue weighted by molar-refractivity contribution is 0.125. The predicted molar refractivity (Wildman–Crippen MR) is 48.9 cm³/mol. The van der Waals surface area contributed by atoms with Gasteiger partial charge in [0.2, 0.25) is 7.37 Å². The molecule has 12 heavy (non-hydrogen) atoms. The summed E-state index contributed by atoms with van der Waals surface area (Å²) in [5, 5.41) is 10.0. The maximum Gasteiger partial charge on any atom is 0.209 e. The van der Waals surface area contributed by atoms with Crippen LogP contribution in [0.2, 0.25) is 0 Å². The molecule has 2 unspecified atom stereocenters. The van der Waals surface area contributed by atoms with E-state index in [1.165, 1.54) is 14.0 Å². The molecule has 1 N–H and O–H groups in total. The first-order chi connectivity index (χ1) is 5.40. The van der Waals surface area contributed by atoms with E-state index in [4.69, 9.17) is 16.1 Å². The van der Waals surface area contributed by atoms with Gasteiger partial charge in [-0.1, -0.05) is 17.7 Å². The second-order valence-electron chi connectivity index (χ2n) is 3.16. The third kappa shape index (κ3) is 1.91. The van der Waals surface area contributed by atoms with Crippen molar-refractivity contribution in [3.8, 4) is 0 Å². The van der Waals surface area contributed by atoms with Gasteiger partial charge in [0.15, 0.2) is 0 Å². The fourth-order valence-corrected chi connectivity index (χ4v) is 3.51. The molecule has 0 aliphatic carbocycles. The van der Waals surface area contributed by atoms with Gasteiger partial charge in [-0.3, -0.25) is 4.57 Å². The molecule has 0 aromatic heterocycles. The van der Waals surface area contributed by atoms with Crippen molar-refractivity contribution in [2.75, 3.05) is 19.4 Å². The molecule has 0 aromatic carbocycles. The van der Waals surface area contributed by atoms with Crippen LogP contribution in [-0.4, -0.2) is 30.1 Å². The Bertz CT molecular complexity index is 259. The van der Waals surface area contributed by atoms with Crippen LogP contribution in [0, 0.1) is 0 Å². The SMILES string of the molecule is COP1(=O)CC=C(Cl)C(C)(O)C1. The van der Waals surface area contributed by atoms with Crippen LogP contribution in [-0.2, 0) is 9.09 Å². The molecule has 0 fully saturated rings. The van der Waals surface area contributed by atoms with Crippen molar-refractivity contribution in [1.29, 1.82) is 0 Å². The van der Waals surface area contributed by atoms with Gasteiger partial charge in [-0.15, -0.1) is 0 Å². The third-order valence-corrected chi connectivity index (χ3v) is 5.01. The molecule has 70 valence electrons. The highest BCUT2D eigenvalue weighted by molar-refractivity contribution is 7.59. The summed E-state index contributed by atoms with van der Waals surface area (Å²) < 4.78 is 16.5. The largest absolute Gasteiger partial charge is 0.384 e. The highest BCUT2D eigenvalue weighted by Gasteiger charge is 2.38. The van der Waals surface area contributed by atoms with E-state index in [2.05, 4.69) is 0 Å². The molecular formula is C7H12ClO3P. The predicted octanol–water partition coefficient (Wildman–Crippen LogP) is 1.80. The number of aliphatic hydroxyl groups is 1. The van der Waals surface area contributed by atoms with Crippen LogP contribution in [0.3, 0.4) is 0 Å². The van der Waals surface area contributed by atoms with Crippen LogP contribution in [0.4, 0.5) is 0 Å². The Morgan fingerprint density at radius 1 is 1.83 bits per heavy atom. The highest BCUT2D eigenvalue weighted by atomic mass is 35.5. The average Bonchev–Trinajstić information content (AvgIpc) is 1.97. The lowest BCUT2D eigenvalue weighted by atomic mass is 10.1. The van der Waals surface area contributed by atoms with Gasteiger partial charge >= 0.3 is 0 Å². The van der Waals surface area contributed by atoms with Gasteiger partial charge in [-0.25, -0.2) is 0 Å². The Morgan fingerprint density at radius 3 is 2.83 bits per heavy atom. The van der Waals surface area contributed by atoms with Crippen LogP contribution in [0.1, 0.15) is 6.92 Å². The van der Waals surface area contributed by atoms with Gasteiger partial charge in [-0.05, 0) is 6.92 Å². The van der Waals surface area contributed by atoms with Crippen molar-refractivity contribution in [2.45, 2.75) is 12.5 Å². The van der Waals surface area contributed by atoms with Gasteiger partial charge < -0.3 is 9.63 Å². The second-order valence-corrected chi connectivity index (χ2v) is 6.25. The van der Waals surface area contributed by atoms with Crippen molar-refractivity contribution in [3.05, 3.63) is 11.1 Å². The standard InChI is InChI=1S/C7H12ClO3P/c1-7(9)5-12(10,11-2)4-3-6(7)8/h3,9H,4-5H2,1-2H3. The minimum atomic E-state index is -2.66. The van der Waals surface area contributed by atoms with Crippen LogP contribution < -0.4 is 0 Å². The number of rotatable bonds is 1. The fourth-order valence-electron chi connectivity index (χ4n) is 1.19. The zero-order chi connectivity index (χ0) is 9.41. The van der Waals surface area contributed by atoms with Crippen molar-refractivity contribution in [1.82, 2.24) is 0 Å². The number of hydrogen-bond acceptors (Lipinski definition) is 3. The number of halogens is 1. The summed E-state index contributed by atoms with van der Waals surface area (Å²) in [7, 11) is -1.27. The molecule has 1 rings (SSSR count). The van der Waals surface area contributed by atoms with Gasteiger partial charge in [0.05, 0.1) is 6.16 Å². The molecule has 0 saturated carbocycles. The topological polar surface area (TPSA) is 46.5 Å². The quantitative estimate of drug-likeness (QED) is 0.672. The molecule has 1 aliphatic rings. The number of hydrogen-bond donors (Lipinski definition) is 1. The molecule has 0 saturated heterocycles. The zero-order valence-electron chi connectivity index (χ0n) is 7.08. The molecule has 2 atom stereocenters. The molecule has 5 heteroatoms. The first-order valence-electron chi connectivity index (χ1n) is 3.62. The van der Waals surface area contributed by atoms with E-state index in [1.807, 2.05) is 0 Å². The molecule has 1 heterocycles. The molecule has 0 aromatic rings. The molecule has 0 spiro atoms. The summed E-state index contributed by atoms with van der Waals surface area (Å²) >= 11 is 5.73. The van der Waals surface area contributed by atoms with Crippen molar-refractivity contribution in [3.63, 3.8) is 0 Å². The lowest BCUT2D eigenvalue weighted by Gasteiger charge is -2.31. The summed E-state index contributed by atoms with van der Waals surface area (Å²) in [5.74, 6) is 0. The van der Waals surface area contributed by atoms with Crippen molar-refractivity contribution in [2.24, 2.45) is 0 Å². The minimum Gasteiger partial charge on any atom is -0.384 e. The maximum absolute atomic E-state index is 11.7. The Balaban J connectivity index is 2.93. The summed E-state index contributed by atoms with van der Waals surface area (Å²) in [5.41, 5.74) is -1.19. The normalized spacial score (nSPS) is 42.5. The Labute approximate surface area is 76.8 Å². The van der Waals surface area contributed by atoms with Gasteiger partial charge in [0, 0.05) is 18.3 Å². The van der Waals surface area contributed by atoms with Crippen LogP contribution in [0.25, 0.3) is 0 Å². The van der Waals surface area contributed by atoms with E-state index in [9.17, 15) is 9.67 Å². The highest BCUT2D eigenvalue weighted by Crippen LogP contribution is 2.53. The van der Waals surface area contributed by atoms with Crippen LogP contribution in [0.5, 0.6) is 0 Å².